The van der Waals surface area contributed by atoms with Gasteiger partial charge >= 0.3 is 5.97 Å². The maximum Gasteiger partial charge on any atom is 0.305 e. The van der Waals surface area contributed by atoms with Crippen LogP contribution in [0.3, 0.4) is 0 Å². The second-order valence-corrected chi connectivity index (χ2v) is 22.8. The van der Waals surface area contributed by atoms with Crippen LogP contribution < -0.4 is 5.32 Å². The third kappa shape index (κ3) is 59.4. The van der Waals surface area contributed by atoms with E-state index in [-0.39, 0.29) is 18.5 Å². The molecule has 0 radical (unpaired) electrons. The Morgan fingerprint density at radius 3 is 1.04 bits per heavy atom. The van der Waals surface area contributed by atoms with E-state index in [1.807, 2.05) is 0 Å². The maximum absolute atomic E-state index is 12.5. The first-order valence-electron chi connectivity index (χ1n) is 33.1. The highest BCUT2D eigenvalue weighted by Crippen LogP contribution is 2.18. The summed E-state index contributed by atoms with van der Waals surface area (Å²) >= 11 is 0. The van der Waals surface area contributed by atoms with Crippen molar-refractivity contribution < 1.29 is 24.5 Å². The zero-order chi connectivity index (χ0) is 52.9. The highest BCUT2D eigenvalue weighted by atomic mass is 16.5. The number of aliphatic hydroxyl groups excluding tert-OH is 2. The zero-order valence-corrected chi connectivity index (χ0v) is 49.4. The van der Waals surface area contributed by atoms with Crippen molar-refractivity contribution in [1.29, 1.82) is 0 Å². The Hall–Kier alpha value is -1.66. The maximum atomic E-state index is 12.5. The minimum absolute atomic E-state index is 0.0121. The van der Waals surface area contributed by atoms with Crippen molar-refractivity contribution in [3.8, 4) is 0 Å². The molecule has 3 N–H and O–H groups in total. The normalized spacial score (nSPS) is 12.7. The quantitative estimate of drug-likeness (QED) is 0.0320. The van der Waals surface area contributed by atoms with Gasteiger partial charge in [-0.15, -0.1) is 0 Å². The molecule has 0 aliphatic carbocycles. The van der Waals surface area contributed by atoms with Crippen molar-refractivity contribution in [2.75, 3.05) is 13.2 Å². The summed E-state index contributed by atoms with van der Waals surface area (Å²) in [6.45, 7) is 4.97. The highest BCUT2D eigenvalue weighted by Gasteiger charge is 2.20. The van der Waals surface area contributed by atoms with E-state index in [0.29, 0.717) is 25.9 Å². The first-order chi connectivity index (χ1) is 36.0. The van der Waals surface area contributed by atoms with E-state index >= 15 is 0 Å². The van der Waals surface area contributed by atoms with Crippen LogP contribution in [0.15, 0.2) is 24.3 Å². The second-order valence-electron chi connectivity index (χ2n) is 22.8. The van der Waals surface area contributed by atoms with Crippen molar-refractivity contribution in [1.82, 2.24) is 5.32 Å². The monoisotopic (exact) mass is 1030 g/mol. The Labute approximate surface area is 456 Å². The minimum Gasteiger partial charge on any atom is -0.466 e. The molecular formula is C67H129NO5. The molecule has 0 spiro atoms. The fourth-order valence-electron chi connectivity index (χ4n) is 10.4. The van der Waals surface area contributed by atoms with Crippen LogP contribution in [0.1, 0.15) is 367 Å². The van der Waals surface area contributed by atoms with Gasteiger partial charge in [-0.1, -0.05) is 321 Å². The van der Waals surface area contributed by atoms with E-state index in [9.17, 15) is 19.8 Å². The lowest BCUT2D eigenvalue weighted by Crippen LogP contribution is -2.45. The van der Waals surface area contributed by atoms with Gasteiger partial charge in [0.05, 0.1) is 25.4 Å². The number of carbonyl (C=O) groups is 2. The topological polar surface area (TPSA) is 95.9 Å². The molecule has 6 nitrogen and oxygen atoms in total. The van der Waals surface area contributed by atoms with Crippen LogP contribution in [0.2, 0.25) is 0 Å². The molecule has 0 aromatic rings. The SMILES string of the molecule is CCCCCCCCCCCCCCCCCCCCC(=O)OCCCCCCCCCCC/C=C\C/C=C\CCCCCCCCCC(=O)NC(CO)C(O)CCCCCCCCCCCCCCCCC. The molecule has 2 atom stereocenters. The number of ether oxygens (including phenoxy) is 1. The summed E-state index contributed by atoms with van der Waals surface area (Å²) in [6, 6.07) is -0.549. The molecule has 6 heteroatoms. The van der Waals surface area contributed by atoms with Gasteiger partial charge in [0, 0.05) is 12.8 Å². The number of rotatable bonds is 62. The predicted octanol–water partition coefficient (Wildman–Crippen LogP) is 21.0. The number of esters is 1. The first kappa shape index (κ1) is 71.3. The molecule has 0 fully saturated rings. The van der Waals surface area contributed by atoms with Crippen molar-refractivity contribution in [2.45, 2.75) is 379 Å². The molecule has 1 amide bonds. The van der Waals surface area contributed by atoms with Crippen molar-refractivity contribution in [3.05, 3.63) is 24.3 Å². The fraction of sp³-hybridized carbons (Fsp3) is 0.910. The lowest BCUT2D eigenvalue weighted by molar-refractivity contribution is -0.143. The van der Waals surface area contributed by atoms with Gasteiger partial charge in [0.15, 0.2) is 0 Å². The van der Waals surface area contributed by atoms with Crippen LogP contribution in [0, 0.1) is 0 Å². The summed E-state index contributed by atoms with van der Waals surface area (Å²) in [4.78, 5) is 24.6. The highest BCUT2D eigenvalue weighted by molar-refractivity contribution is 5.76. The number of carbonyl (C=O) groups excluding carboxylic acids is 2. The van der Waals surface area contributed by atoms with Crippen LogP contribution in [-0.4, -0.2) is 47.4 Å². The fourth-order valence-corrected chi connectivity index (χ4v) is 10.4. The summed E-state index contributed by atoms with van der Waals surface area (Å²) in [5.74, 6) is -0.0312. The van der Waals surface area contributed by atoms with Crippen LogP contribution in [0.5, 0.6) is 0 Å². The number of nitrogens with one attached hydrogen (secondary N) is 1. The molecule has 0 aromatic carbocycles. The summed E-state index contributed by atoms with van der Waals surface area (Å²) in [5.41, 5.74) is 0. The predicted molar refractivity (Wildman–Crippen MR) is 320 cm³/mol. The van der Waals surface area contributed by atoms with E-state index in [4.69, 9.17) is 4.74 Å². The van der Waals surface area contributed by atoms with Gasteiger partial charge in [0.2, 0.25) is 5.91 Å². The molecule has 0 rings (SSSR count). The van der Waals surface area contributed by atoms with E-state index in [2.05, 4.69) is 43.5 Å². The molecule has 0 aromatic heterocycles. The zero-order valence-electron chi connectivity index (χ0n) is 49.4. The standard InChI is InChI=1S/C67H129NO5/c1-3-5-7-9-11-13-15-17-19-20-29-33-37-41-45-49-53-57-61-67(72)73-62-58-54-50-46-42-38-34-30-27-25-23-21-22-24-26-28-32-36-40-44-48-52-56-60-66(71)68-64(63-69)65(70)59-55-51-47-43-39-35-31-18-16-14-12-10-8-6-4-2/h21,23-24,26,64-65,69-70H,3-20,22,25,27-63H2,1-2H3,(H,68,71)/b23-21-,26-24-. The van der Waals surface area contributed by atoms with Crippen LogP contribution >= 0.6 is 0 Å². The molecule has 0 aliphatic heterocycles. The molecule has 0 saturated carbocycles. The van der Waals surface area contributed by atoms with E-state index in [1.54, 1.807) is 0 Å². The summed E-state index contributed by atoms with van der Waals surface area (Å²) in [5, 5.41) is 23.3. The van der Waals surface area contributed by atoms with Crippen LogP contribution in [0.4, 0.5) is 0 Å². The van der Waals surface area contributed by atoms with Gasteiger partial charge in [-0.2, -0.15) is 0 Å². The third-order valence-corrected chi connectivity index (χ3v) is 15.5. The third-order valence-electron chi connectivity index (χ3n) is 15.5. The minimum atomic E-state index is -0.670. The van der Waals surface area contributed by atoms with E-state index in [1.165, 1.54) is 289 Å². The Balaban J connectivity index is 3.42. The van der Waals surface area contributed by atoms with Crippen LogP contribution in [0.25, 0.3) is 0 Å². The number of hydrogen-bond acceptors (Lipinski definition) is 5. The second kappa shape index (κ2) is 62.9. The molecule has 0 heterocycles. The van der Waals surface area contributed by atoms with Crippen molar-refractivity contribution >= 4 is 11.9 Å². The van der Waals surface area contributed by atoms with E-state index in [0.717, 1.165) is 44.9 Å². The number of amides is 1. The number of hydrogen-bond donors (Lipinski definition) is 3. The Morgan fingerprint density at radius 1 is 0.384 bits per heavy atom. The average Bonchev–Trinajstić information content (AvgIpc) is 3.39. The van der Waals surface area contributed by atoms with Gasteiger partial charge in [0.1, 0.15) is 0 Å². The lowest BCUT2D eigenvalue weighted by atomic mass is 10.0. The van der Waals surface area contributed by atoms with Gasteiger partial charge in [-0.25, -0.2) is 0 Å². The summed E-state index contributed by atoms with van der Waals surface area (Å²) in [6.07, 6.45) is 77.7. The van der Waals surface area contributed by atoms with Crippen molar-refractivity contribution in [3.63, 3.8) is 0 Å². The number of aliphatic hydroxyl groups is 2. The largest absolute Gasteiger partial charge is 0.466 e. The van der Waals surface area contributed by atoms with E-state index < -0.39 is 12.1 Å². The molecule has 0 aliphatic rings. The lowest BCUT2D eigenvalue weighted by Gasteiger charge is -2.22. The van der Waals surface area contributed by atoms with Gasteiger partial charge in [-0.05, 0) is 57.8 Å². The Bertz CT molecular complexity index is 1140. The van der Waals surface area contributed by atoms with Gasteiger partial charge in [0.25, 0.3) is 0 Å². The molecular weight excluding hydrogens is 899 g/mol. The molecule has 0 bridgehead atoms. The van der Waals surface area contributed by atoms with Gasteiger partial charge in [-0.3, -0.25) is 9.59 Å². The molecule has 73 heavy (non-hydrogen) atoms. The number of allylic oxidation sites excluding steroid dienone is 4. The first-order valence-corrected chi connectivity index (χ1v) is 33.1. The van der Waals surface area contributed by atoms with Crippen molar-refractivity contribution in [2.24, 2.45) is 0 Å². The molecule has 2 unspecified atom stereocenters. The van der Waals surface area contributed by atoms with Gasteiger partial charge < -0.3 is 20.3 Å². The average molecular weight is 1030 g/mol. The van der Waals surface area contributed by atoms with Crippen LogP contribution in [-0.2, 0) is 14.3 Å². The Kier molecular flexibility index (Phi) is 61.4. The number of unbranched alkanes of at least 4 members (excludes halogenated alkanes) is 47. The molecule has 432 valence electrons. The smallest absolute Gasteiger partial charge is 0.305 e. The summed E-state index contributed by atoms with van der Waals surface area (Å²) < 4.78 is 5.50. The summed E-state index contributed by atoms with van der Waals surface area (Å²) in [7, 11) is 0. The molecule has 0 saturated heterocycles. The Morgan fingerprint density at radius 2 is 0.685 bits per heavy atom.